The monoisotopic (exact) mass is 387 g/mol. The highest BCUT2D eigenvalue weighted by Crippen LogP contribution is 2.23. The third-order valence-electron chi connectivity index (χ3n) is 4.68. The molecule has 0 saturated carbocycles. The largest absolute Gasteiger partial charge is 0.492 e. The summed E-state index contributed by atoms with van der Waals surface area (Å²) in [5, 5.41) is 5.78. The number of hydrogen-bond donors (Lipinski definition) is 2. The Kier molecular flexibility index (Phi) is 7.33. The van der Waals surface area contributed by atoms with E-state index in [1.54, 1.807) is 0 Å². The van der Waals surface area contributed by atoms with Gasteiger partial charge in [-0.15, -0.1) is 0 Å². The summed E-state index contributed by atoms with van der Waals surface area (Å²) >= 11 is 0. The Morgan fingerprint density at radius 2 is 2.00 bits per heavy atom. The van der Waals surface area contributed by atoms with Gasteiger partial charge in [-0.25, -0.2) is 4.79 Å². The van der Waals surface area contributed by atoms with Crippen molar-refractivity contribution in [2.75, 3.05) is 46.0 Å². The molecule has 1 atom stereocenters. The molecule has 1 aromatic heterocycles. The average Bonchev–Trinajstić information content (AvgIpc) is 3.12. The lowest BCUT2D eigenvalue weighted by molar-refractivity contribution is 0.0121. The molecular formula is C21H29N3O4. The third-order valence-corrected chi connectivity index (χ3v) is 4.68. The van der Waals surface area contributed by atoms with Crippen molar-refractivity contribution in [3.8, 4) is 5.75 Å². The summed E-state index contributed by atoms with van der Waals surface area (Å²) in [4.78, 5) is 14.5. The summed E-state index contributed by atoms with van der Waals surface area (Å²) in [6, 6.07) is 11.6. The van der Waals surface area contributed by atoms with Gasteiger partial charge < -0.3 is 24.5 Å². The van der Waals surface area contributed by atoms with E-state index in [9.17, 15) is 4.79 Å². The maximum Gasteiger partial charge on any atom is 0.314 e. The first kappa shape index (κ1) is 20.2. The molecule has 2 heterocycles. The van der Waals surface area contributed by atoms with Crippen molar-refractivity contribution in [2.24, 2.45) is 0 Å². The number of nitrogens with zero attached hydrogens (tertiary/aromatic N) is 1. The highest BCUT2D eigenvalue weighted by atomic mass is 16.5. The second-order valence-electron chi connectivity index (χ2n) is 6.91. The number of urea groups is 1. The summed E-state index contributed by atoms with van der Waals surface area (Å²) in [6.45, 7) is 8.28. The summed E-state index contributed by atoms with van der Waals surface area (Å²) in [5.74, 6) is 2.54. The fourth-order valence-electron chi connectivity index (χ4n) is 3.22. The van der Waals surface area contributed by atoms with E-state index >= 15 is 0 Å². The Morgan fingerprint density at radius 3 is 2.71 bits per heavy atom. The van der Waals surface area contributed by atoms with Crippen LogP contribution in [0.5, 0.6) is 5.75 Å². The van der Waals surface area contributed by atoms with Crippen molar-refractivity contribution in [2.45, 2.75) is 19.9 Å². The second kappa shape index (κ2) is 10.1. The van der Waals surface area contributed by atoms with E-state index in [4.69, 9.17) is 13.9 Å². The van der Waals surface area contributed by atoms with E-state index in [1.165, 1.54) is 0 Å². The predicted octanol–water partition coefficient (Wildman–Crippen LogP) is 2.65. The van der Waals surface area contributed by atoms with Crippen molar-refractivity contribution < 1.29 is 18.7 Å². The van der Waals surface area contributed by atoms with E-state index < -0.39 is 0 Å². The van der Waals surface area contributed by atoms with Crippen molar-refractivity contribution >= 4 is 6.03 Å². The van der Waals surface area contributed by atoms with Crippen LogP contribution in [0.2, 0.25) is 0 Å². The zero-order valence-electron chi connectivity index (χ0n) is 16.6. The van der Waals surface area contributed by atoms with E-state index in [0.717, 1.165) is 35.9 Å². The van der Waals surface area contributed by atoms with Crippen LogP contribution in [0.4, 0.5) is 4.79 Å². The quantitative estimate of drug-likeness (QED) is 0.681. The number of carbonyl (C=O) groups is 1. The van der Waals surface area contributed by atoms with Gasteiger partial charge in [0.2, 0.25) is 0 Å². The molecule has 0 spiro atoms. The van der Waals surface area contributed by atoms with Crippen LogP contribution in [0.3, 0.4) is 0 Å². The molecule has 2 N–H and O–H groups in total. The smallest absolute Gasteiger partial charge is 0.314 e. The average molecular weight is 387 g/mol. The topological polar surface area (TPSA) is 76.0 Å². The number of ether oxygens (including phenoxy) is 2. The number of carbonyl (C=O) groups excluding carboxylic acids is 1. The van der Waals surface area contributed by atoms with Crippen LogP contribution in [0.1, 0.15) is 23.1 Å². The molecule has 1 aliphatic rings. The summed E-state index contributed by atoms with van der Waals surface area (Å²) in [6.07, 6.45) is 0. The summed E-state index contributed by atoms with van der Waals surface area (Å²) in [7, 11) is 0. The van der Waals surface area contributed by atoms with Crippen LogP contribution in [0, 0.1) is 13.8 Å². The SMILES string of the molecule is Cc1cccc(OCCNC(=O)NCC(c2ccc(C)o2)N2CCOCC2)c1. The van der Waals surface area contributed by atoms with Crippen LogP contribution >= 0.6 is 0 Å². The molecule has 7 heteroatoms. The Labute approximate surface area is 166 Å². The van der Waals surface area contributed by atoms with Crippen molar-refractivity contribution in [1.29, 1.82) is 0 Å². The maximum absolute atomic E-state index is 12.2. The molecule has 0 aliphatic carbocycles. The minimum Gasteiger partial charge on any atom is -0.492 e. The molecule has 1 unspecified atom stereocenters. The number of nitrogens with one attached hydrogen (secondary N) is 2. The zero-order chi connectivity index (χ0) is 19.8. The van der Waals surface area contributed by atoms with Gasteiger partial charge in [0.05, 0.1) is 25.8 Å². The van der Waals surface area contributed by atoms with E-state index in [2.05, 4.69) is 15.5 Å². The maximum atomic E-state index is 12.2. The first-order chi connectivity index (χ1) is 13.6. The van der Waals surface area contributed by atoms with Gasteiger partial charge in [0, 0.05) is 19.6 Å². The molecule has 0 radical (unpaired) electrons. The normalized spacial score (nSPS) is 15.8. The van der Waals surface area contributed by atoms with Gasteiger partial charge in [-0.1, -0.05) is 12.1 Å². The number of rotatable bonds is 8. The number of furan rings is 1. The highest BCUT2D eigenvalue weighted by molar-refractivity contribution is 5.73. The third kappa shape index (κ3) is 6.00. The molecule has 1 aromatic carbocycles. The Morgan fingerprint density at radius 1 is 1.18 bits per heavy atom. The molecule has 3 rings (SSSR count). The predicted molar refractivity (Wildman–Crippen MR) is 107 cm³/mol. The van der Waals surface area contributed by atoms with Crippen LogP contribution in [0.25, 0.3) is 0 Å². The fraction of sp³-hybridized carbons (Fsp3) is 0.476. The number of amides is 2. The Hall–Kier alpha value is -2.51. The summed E-state index contributed by atoms with van der Waals surface area (Å²) in [5.41, 5.74) is 1.14. The minimum atomic E-state index is -0.214. The number of morpholine rings is 1. The van der Waals surface area contributed by atoms with Gasteiger partial charge >= 0.3 is 6.03 Å². The number of hydrogen-bond acceptors (Lipinski definition) is 5. The molecule has 1 aliphatic heterocycles. The van der Waals surface area contributed by atoms with Crippen LogP contribution in [0.15, 0.2) is 40.8 Å². The van der Waals surface area contributed by atoms with Crippen LogP contribution in [-0.4, -0.2) is 56.9 Å². The lowest BCUT2D eigenvalue weighted by atomic mass is 10.1. The van der Waals surface area contributed by atoms with Gasteiger partial charge in [-0.05, 0) is 43.7 Å². The molecule has 2 amide bonds. The minimum absolute atomic E-state index is 0.00751. The van der Waals surface area contributed by atoms with Crippen molar-refractivity contribution in [1.82, 2.24) is 15.5 Å². The molecule has 152 valence electrons. The highest BCUT2D eigenvalue weighted by Gasteiger charge is 2.25. The molecule has 1 saturated heterocycles. The molecule has 1 fully saturated rings. The Balaban J connectivity index is 1.44. The molecular weight excluding hydrogens is 358 g/mol. The van der Waals surface area contributed by atoms with E-state index in [-0.39, 0.29) is 12.1 Å². The molecule has 7 nitrogen and oxygen atoms in total. The van der Waals surface area contributed by atoms with Crippen LogP contribution < -0.4 is 15.4 Å². The number of benzene rings is 1. The lowest BCUT2D eigenvalue weighted by Crippen LogP contribution is -2.46. The van der Waals surface area contributed by atoms with E-state index in [0.29, 0.717) is 32.9 Å². The molecule has 28 heavy (non-hydrogen) atoms. The van der Waals surface area contributed by atoms with Crippen molar-refractivity contribution in [3.05, 3.63) is 53.5 Å². The lowest BCUT2D eigenvalue weighted by Gasteiger charge is -2.33. The standard InChI is InChI=1S/C21H29N3O4/c1-16-4-3-5-18(14-16)27-11-8-22-21(25)23-15-19(20-7-6-17(2)28-20)24-9-12-26-13-10-24/h3-7,14,19H,8-13,15H2,1-2H3,(H2,22,23,25). The van der Waals surface area contributed by atoms with Gasteiger partial charge in [0.25, 0.3) is 0 Å². The molecule has 0 bridgehead atoms. The van der Waals surface area contributed by atoms with E-state index in [1.807, 2.05) is 50.2 Å². The van der Waals surface area contributed by atoms with Gasteiger partial charge in [0.15, 0.2) is 0 Å². The van der Waals surface area contributed by atoms with Crippen LogP contribution in [-0.2, 0) is 4.74 Å². The first-order valence-electron chi connectivity index (χ1n) is 9.71. The summed E-state index contributed by atoms with van der Waals surface area (Å²) < 4.78 is 16.9. The fourth-order valence-corrected chi connectivity index (χ4v) is 3.22. The van der Waals surface area contributed by atoms with Crippen molar-refractivity contribution in [3.63, 3.8) is 0 Å². The Bertz CT molecular complexity index is 756. The number of aryl methyl sites for hydroxylation is 2. The molecule has 2 aromatic rings. The van der Waals surface area contributed by atoms with Gasteiger partial charge in [-0.3, -0.25) is 4.90 Å². The van der Waals surface area contributed by atoms with Gasteiger partial charge in [-0.2, -0.15) is 0 Å². The zero-order valence-corrected chi connectivity index (χ0v) is 16.6. The first-order valence-corrected chi connectivity index (χ1v) is 9.71. The van der Waals surface area contributed by atoms with Gasteiger partial charge in [0.1, 0.15) is 23.9 Å². The second-order valence-corrected chi connectivity index (χ2v) is 6.91.